The zero-order valence-corrected chi connectivity index (χ0v) is 13.3. The second-order valence-corrected chi connectivity index (χ2v) is 7.92. The predicted molar refractivity (Wildman–Crippen MR) is 80.2 cm³/mol. The Morgan fingerprint density at radius 3 is 2.70 bits per heavy atom. The fourth-order valence-electron chi connectivity index (χ4n) is 1.79. The Morgan fingerprint density at radius 2 is 2.20 bits per heavy atom. The lowest BCUT2D eigenvalue weighted by molar-refractivity contribution is 0.509. The number of thiophene rings is 1. The van der Waals surface area contributed by atoms with Gasteiger partial charge in [0.15, 0.2) is 5.82 Å². The molecule has 0 atom stereocenters. The van der Waals surface area contributed by atoms with E-state index in [-0.39, 0.29) is 16.1 Å². The van der Waals surface area contributed by atoms with Crippen molar-refractivity contribution < 1.29 is 8.42 Å². The molecule has 0 saturated carbocycles. The first-order valence-corrected chi connectivity index (χ1v) is 8.41. The maximum Gasteiger partial charge on any atom is 0.245 e. The van der Waals surface area contributed by atoms with Gasteiger partial charge in [0.1, 0.15) is 4.90 Å². The fraction of sp³-hybridized carbons (Fsp3) is 0.417. The molecule has 6 nitrogen and oxygen atoms in total. The number of aromatic nitrogens is 2. The van der Waals surface area contributed by atoms with Gasteiger partial charge in [-0.15, -0.1) is 11.3 Å². The molecule has 0 amide bonds. The van der Waals surface area contributed by atoms with E-state index in [0.29, 0.717) is 6.54 Å². The first-order valence-electron chi connectivity index (χ1n) is 6.05. The average molecular weight is 314 g/mol. The summed E-state index contributed by atoms with van der Waals surface area (Å²) in [4.78, 5) is 1.14. The molecule has 0 fully saturated rings. The van der Waals surface area contributed by atoms with Crippen LogP contribution in [0.25, 0.3) is 0 Å². The van der Waals surface area contributed by atoms with Crippen molar-refractivity contribution in [3.63, 3.8) is 0 Å². The minimum atomic E-state index is -3.65. The van der Waals surface area contributed by atoms with E-state index in [1.165, 1.54) is 10.9 Å². The van der Waals surface area contributed by atoms with Gasteiger partial charge in [0.2, 0.25) is 10.0 Å². The Bertz CT molecular complexity index is 687. The van der Waals surface area contributed by atoms with Gasteiger partial charge in [-0.2, -0.15) is 5.10 Å². The molecular formula is C12H18N4O2S2. The van der Waals surface area contributed by atoms with Crippen LogP contribution in [0.15, 0.2) is 28.6 Å². The van der Waals surface area contributed by atoms with Crippen LogP contribution in [0.5, 0.6) is 0 Å². The summed E-state index contributed by atoms with van der Waals surface area (Å²) in [5, 5.41) is 5.83. The van der Waals surface area contributed by atoms with Crippen LogP contribution in [0.1, 0.15) is 18.7 Å². The Balaban J connectivity index is 2.16. The van der Waals surface area contributed by atoms with Crippen LogP contribution < -0.4 is 10.5 Å². The second kappa shape index (κ2) is 5.19. The average Bonchev–Trinajstić information content (AvgIpc) is 2.97. The molecule has 0 spiro atoms. The van der Waals surface area contributed by atoms with Crippen LogP contribution in [-0.4, -0.2) is 24.7 Å². The lowest BCUT2D eigenvalue weighted by Crippen LogP contribution is -2.36. The first-order chi connectivity index (χ1) is 9.22. The fourth-order valence-corrected chi connectivity index (χ4v) is 3.96. The van der Waals surface area contributed by atoms with Gasteiger partial charge in [-0.05, 0) is 11.4 Å². The molecule has 0 unspecified atom stereocenters. The van der Waals surface area contributed by atoms with Crippen molar-refractivity contribution in [3.05, 3.63) is 28.6 Å². The number of nitrogens with one attached hydrogen (secondary N) is 1. The lowest BCUT2D eigenvalue weighted by atomic mass is 9.92. The van der Waals surface area contributed by atoms with Crippen LogP contribution in [0.4, 0.5) is 5.82 Å². The third-order valence-electron chi connectivity index (χ3n) is 3.00. The van der Waals surface area contributed by atoms with Gasteiger partial charge >= 0.3 is 0 Å². The molecule has 2 aromatic rings. The Labute approximate surface area is 122 Å². The molecule has 3 N–H and O–H groups in total. The molecule has 2 rings (SSSR count). The SMILES string of the molecule is Cn1cc(S(=O)(=O)NCC(C)(C)c2cccs2)c(N)n1. The summed E-state index contributed by atoms with van der Waals surface area (Å²) in [5.74, 6) is 0.00827. The molecule has 110 valence electrons. The molecular weight excluding hydrogens is 296 g/mol. The summed E-state index contributed by atoms with van der Waals surface area (Å²) in [6.07, 6.45) is 1.40. The first kappa shape index (κ1) is 15.0. The predicted octanol–water partition coefficient (Wildman–Crippen LogP) is 1.32. The third-order valence-corrected chi connectivity index (χ3v) is 5.66. The minimum absolute atomic E-state index is 0.00827. The molecule has 0 bridgehead atoms. The quantitative estimate of drug-likeness (QED) is 0.871. The normalized spacial score (nSPS) is 12.8. The van der Waals surface area contributed by atoms with Gasteiger partial charge in [-0.25, -0.2) is 13.1 Å². The topological polar surface area (TPSA) is 90.0 Å². The number of nitrogens with zero attached hydrogens (tertiary/aromatic N) is 2. The van der Waals surface area contributed by atoms with Gasteiger partial charge in [-0.1, -0.05) is 19.9 Å². The van der Waals surface area contributed by atoms with Crippen LogP contribution in [-0.2, 0) is 22.5 Å². The maximum atomic E-state index is 12.2. The monoisotopic (exact) mass is 314 g/mol. The van der Waals surface area contributed by atoms with Crippen molar-refractivity contribution in [1.29, 1.82) is 0 Å². The van der Waals surface area contributed by atoms with Crippen molar-refractivity contribution in [2.75, 3.05) is 12.3 Å². The molecule has 0 aliphatic rings. The summed E-state index contributed by atoms with van der Waals surface area (Å²) in [6, 6.07) is 3.95. The molecule has 2 heterocycles. The van der Waals surface area contributed by atoms with Crippen LogP contribution >= 0.6 is 11.3 Å². The van der Waals surface area contributed by atoms with Crippen molar-refractivity contribution >= 4 is 27.2 Å². The highest BCUT2D eigenvalue weighted by Gasteiger charge is 2.27. The van der Waals surface area contributed by atoms with E-state index in [2.05, 4.69) is 9.82 Å². The van der Waals surface area contributed by atoms with Crippen LogP contribution in [0, 0.1) is 0 Å². The van der Waals surface area contributed by atoms with Gasteiger partial charge in [0.05, 0.1) is 0 Å². The summed E-state index contributed by atoms with van der Waals surface area (Å²) in [5.41, 5.74) is 5.33. The number of nitrogens with two attached hydrogens (primary N) is 1. The van der Waals surface area contributed by atoms with E-state index >= 15 is 0 Å². The maximum absolute atomic E-state index is 12.2. The Kier molecular flexibility index (Phi) is 3.90. The smallest absolute Gasteiger partial charge is 0.245 e. The van der Waals surface area contributed by atoms with E-state index in [1.807, 2.05) is 31.4 Å². The number of hydrogen-bond acceptors (Lipinski definition) is 5. The van der Waals surface area contributed by atoms with E-state index in [0.717, 1.165) is 4.88 Å². The number of sulfonamides is 1. The highest BCUT2D eigenvalue weighted by molar-refractivity contribution is 7.89. The zero-order chi connectivity index (χ0) is 15.0. The number of aryl methyl sites for hydroxylation is 1. The number of anilines is 1. The summed E-state index contributed by atoms with van der Waals surface area (Å²) in [6.45, 7) is 4.28. The van der Waals surface area contributed by atoms with Crippen LogP contribution in [0.2, 0.25) is 0 Å². The molecule has 20 heavy (non-hydrogen) atoms. The van der Waals surface area contributed by atoms with E-state index in [1.54, 1.807) is 18.4 Å². The van der Waals surface area contributed by atoms with Crippen molar-refractivity contribution in [1.82, 2.24) is 14.5 Å². The molecule has 0 aliphatic carbocycles. The summed E-state index contributed by atoms with van der Waals surface area (Å²) >= 11 is 1.61. The van der Waals surface area contributed by atoms with Crippen LogP contribution in [0.3, 0.4) is 0 Å². The van der Waals surface area contributed by atoms with Crippen molar-refractivity contribution in [2.24, 2.45) is 7.05 Å². The largest absolute Gasteiger partial charge is 0.381 e. The van der Waals surface area contributed by atoms with E-state index in [4.69, 9.17) is 5.73 Å². The minimum Gasteiger partial charge on any atom is -0.381 e. The van der Waals surface area contributed by atoms with E-state index < -0.39 is 10.0 Å². The number of hydrogen-bond donors (Lipinski definition) is 2. The number of rotatable bonds is 5. The van der Waals surface area contributed by atoms with Gasteiger partial charge in [0.25, 0.3) is 0 Å². The Morgan fingerprint density at radius 1 is 1.50 bits per heavy atom. The summed E-state index contributed by atoms with van der Waals surface area (Å²) < 4.78 is 28.5. The van der Waals surface area contributed by atoms with Crippen molar-refractivity contribution in [3.8, 4) is 0 Å². The molecule has 2 aromatic heterocycles. The third kappa shape index (κ3) is 3.02. The molecule has 0 aromatic carbocycles. The van der Waals surface area contributed by atoms with Gasteiger partial charge < -0.3 is 5.73 Å². The highest BCUT2D eigenvalue weighted by atomic mass is 32.2. The second-order valence-electron chi connectivity index (χ2n) is 5.24. The lowest BCUT2D eigenvalue weighted by Gasteiger charge is -2.23. The number of nitrogen functional groups attached to an aromatic ring is 1. The standard InChI is InChI=1S/C12H18N4O2S2/c1-12(2,10-5-4-6-19-10)8-14-20(17,18)9-7-16(3)15-11(9)13/h4-7,14H,8H2,1-3H3,(H2,13,15). The summed E-state index contributed by atoms with van der Waals surface area (Å²) in [7, 11) is -2.02. The Hall–Kier alpha value is -1.38. The van der Waals surface area contributed by atoms with Crippen molar-refractivity contribution in [2.45, 2.75) is 24.2 Å². The molecule has 0 aliphatic heterocycles. The van der Waals surface area contributed by atoms with Gasteiger partial charge in [0, 0.05) is 30.1 Å². The highest BCUT2D eigenvalue weighted by Crippen LogP contribution is 2.27. The molecule has 8 heteroatoms. The molecule has 0 radical (unpaired) electrons. The van der Waals surface area contributed by atoms with Gasteiger partial charge in [-0.3, -0.25) is 4.68 Å². The zero-order valence-electron chi connectivity index (χ0n) is 11.6. The van der Waals surface area contributed by atoms with E-state index in [9.17, 15) is 8.42 Å². The molecule has 0 saturated heterocycles.